The van der Waals surface area contributed by atoms with E-state index in [0.29, 0.717) is 12.3 Å². The standard InChI is InChI=1S/C9H15NO2.H2O4S/c1-5-7-10-8(2,3)6-9(4,11)12-7;1-5(2,3)4/h5,11H,1,6H2,2-4H3;(H2,1,2,3,4)/p-2. The first-order valence-corrected chi connectivity index (χ1v) is 5.98. The molecule has 1 heterocycles. The molecular weight excluding hydrogens is 250 g/mol. The zero-order chi connectivity index (χ0) is 13.9. The maximum absolute atomic E-state index is 9.66. The minimum Gasteiger partial charge on any atom is -0.759 e. The normalized spacial score (nSPS) is 27.1. The van der Waals surface area contributed by atoms with Gasteiger partial charge >= 0.3 is 0 Å². The molecular formula is C9H15NO6S-2. The third kappa shape index (κ3) is 8.81. The van der Waals surface area contributed by atoms with Gasteiger partial charge in [0.2, 0.25) is 11.7 Å². The van der Waals surface area contributed by atoms with E-state index in [-0.39, 0.29) is 5.54 Å². The number of rotatable bonds is 1. The first kappa shape index (κ1) is 16.0. The first-order chi connectivity index (χ1) is 7.35. The van der Waals surface area contributed by atoms with Gasteiger partial charge in [-0.05, 0) is 19.9 Å². The Kier molecular flexibility index (Phi) is 4.84. The highest BCUT2D eigenvalue weighted by Gasteiger charge is 2.37. The third-order valence-electron chi connectivity index (χ3n) is 1.67. The van der Waals surface area contributed by atoms with Crippen LogP contribution in [0, 0.1) is 0 Å². The lowest BCUT2D eigenvalue weighted by molar-refractivity contribution is -0.153. The Morgan fingerprint density at radius 3 is 2.18 bits per heavy atom. The molecule has 0 radical (unpaired) electrons. The highest BCUT2D eigenvalue weighted by molar-refractivity contribution is 7.79. The van der Waals surface area contributed by atoms with Crippen molar-refractivity contribution in [1.29, 1.82) is 0 Å². The monoisotopic (exact) mass is 265 g/mol. The van der Waals surface area contributed by atoms with Crippen LogP contribution in [0.2, 0.25) is 0 Å². The zero-order valence-corrected chi connectivity index (χ0v) is 10.7. The second-order valence-electron chi connectivity index (χ2n) is 4.33. The van der Waals surface area contributed by atoms with Crippen LogP contribution >= 0.6 is 0 Å². The quantitative estimate of drug-likeness (QED) is 0.531. The molecule has 0 spiro atoms. The molecule has 1 N–H and O–H groups in total. The fourth-order valence-corrected chi connectivity index (χ4v) is 1.51. The summed E-state index contributed by atoms with van der Waals surface area (Å²) in [6.45, 7) is 9.08. The number of aliphatic imine (C=N–C) groups is 1. The van der Waals surface area contributed by atoms with Crippen LogP contribution in [0.15, 0.2) is 17.6 Å². The lowest BCUT2D eigenvalue weighted by Gasteiger charge is -2.36. The molecule has 1 atom stereocenters. The van der Waals surface area contributed by atoms with Crippen molar-refractivity contribution in [3.8, 4) is 0 Å². The van der Waals surface area contributed by atoms with Gasteiger partial charge in [-0.15, -0.1) is 0 Å². The first-order valence-electron chi connectivity index (χ1n) is 4.65. The van der Waals surface area contributed by atoms with E-state index < -0.39 is 16.2 Å². The second-order valence-corrected chi connectivity index (χ2v) is 5.15. The van der Waals surface area contributed by atoms with Gasteiger partial charge in [-0.3, -0.25) is 8.42 Å². The maximum Gasteiger partial charge on any atom is 0.211 e. The Hall–Kier alpha value is -0.960. The molecule has 0 fully saturated rings. The van der Waals surface area contributed by atoms with E-state index >= 15 is 0 Å². The Labute approximate surface area is 100 Å². The highest BCUT2D eigenvalue weighted by Crippen LogP contribution is 2.29. The summed E-state index contributed by atoms with van der Waals surface area (Å²) in [6.07, 6.45) is 2.01. The van der Waals surface area contributed by atoms with Crippen molar-refractivity contribution in [2.24, 2.45) is 4.99 Å². The molecule has 0 aromatic heterocycles. The topological polar surface area (TPSA) is 122 Å². The average Bonchev–Trinajstić information content (AvgIpc) is 1.94. The Bertz CT molecular complexity index is 401. The molecule has 0 saturated heterocycles. The van der Waals surface area contributed by atoms with Crippen molar-refractivity contribution in [2.45, 2.75) is 38.5 Å². The molecule has 0 aromatic rings. The SMILES string of the molecule is C=CC1=NC(C)(C)CC(C)(O)O1.O=S(=O)([O-])[O-]. The van der Waals surface area contributed by atoms with Crippen molar-refractivity contribution in [3.05, 3.63) is 12.7 Å². The summed E-state index contributed by atoms with van der Waals surface area (Å²) in [7, 11) is -5.17. The summed E-state index contributed by atoms with van der Waals surface area (Å²) in [5.41, 5.74) is -0.273. The van der Waals surface area contributed by atoms with Gasteiger partial charge in [-0.2, -0.15) is 0 Å². The number of hydrogen-bond donors (Lipinski definition) is 1. The van der Waals surface area contributed by atoms with Crippen LogP contribution in [0.25, 0.3) is 0 Å². The summed E-state index contributed by atoms with van der Waals surface area (Å²) in [5, 5.41) is 9.66. The minimum atomic E-state index is -5.17. The number of ether oxygens (including phenoxy) is 1. The van der Waals surface area contributed by atoms with Crippen LogP contribution in [0.1, 0.15) is 27.2 Å². The van der Waals surface area contributed by atoms with Crippen LogP contribution < -0.4 is 0 Å². The van der Waals surface area contributed by atoms with E-state index in [9.17, 15) is 5.11 Å². The van der Waals surface area contributed by atoms with Crippen molar-refractivity contribution < 1.29 is 27.4 Å². The number of nitrogens with zero attached hydrogens (tertiary/aromatic N) is 1. The van der Waals surface area contributed by atoms with Crippen LogP contribution in [-0.4, -0.2) is 39.9 Å². The van der Waals surface area contributed by atoms with Gasteiger partial charge in [0.05, 0.1) is 5.54 Å². The van der Waals surface area contributed by atoms with Crippen LogP contribution in [0.5, 0.6) is 0 Å². The second kappa shape index (κ2) is 5.13. The molecule has 0 amide bonds. The predicted molar refractivity (Wildman–Crippen MR) is 58.5 cm³/mol. The molecule has 100 valence electrons. The number of aliphatic hydroxyl groups is 1. The predicted octanol–water partition coefficient (Wildman–Crippen LogP) is 0.140. The molecule has 0 saturated carbocycles. The van der Waals surface area contributed by atoms with Gasteiger partial charge in [0.25, 0.3) is 0 Å². The summed E-state index contributed by atoms with van der Waals surface area (Å²) < 4.78 is 39.2. The summed E-state index contributed by atoms with van der Waals surface area (Å²) in [6, 6.07) is 0. The Morgan fingerprint density at radius 2 is 1.88 bits per heavy atom. The van der Waals surface area contributed by atoms with Gasteiger partial charge in [0.15, 0.2) is 0 Å². The molecule has 0 aromatic carbocycles. The van der Waals surface area contributed by atoms with Crippen LogP contribution in [-0.2, 0) is 15.1 Å². The molecule has 1 aliphatic rings. The Balaban J connectivity index is 0.000000437. The fourth-order valence-electron chi connectivity index (χ4n) is 1.51. The fraction of sp³-hybridized carbons (Fsp3) is 0.667. The van der Waals surface area contributed by atoms with Gasteiger partial charge in [-0.1, -0.05) is 6.58 Å². The summed E-state index contributed by atoms with van der Waals surface area (Å²) >= 11 is 0. The van der Waals surface area contributed by atoms with Crippen molar-refractivity contribution in [2.75, 3.05) is 0 Å². The lowest BCUT2D eigenvalue weighted by atomic mass is 9.95. The van der Waals surface area contributed by atoms with Crippen molar-refractivity contribution >= 4 is 16.3 Å². The van der Waals surface area contributed by atoms with Crippen molar-refractivity contribution in [3.63, 3.8) is 0 Å². The average molecular weight is 265 g/mol. The zero-order valence-electron chi connectivity index (χ0n) is 9.84. The molecule has 0 aliphatic carbocycles. The third-order valence-corrected chi connectivity index (χ3v) is 1.67. The van der Waals surface area contributed by atoms with Gasteiger partial charge < -0.3 is 18.9 Å². The summed E-state index contributed by atoms with van der Waals surface area (Å²) in [5.74, 6) is -0.703. The molecule has 0 bridgehead atoms. The van der Waals surface area contributed by atoms with E-state index in [1.807, 2.05) is 13.8 Å². The minimum absolute atomic E-state index is 0.273. The van der Waals surface area contributed by atoms with Crippen LogP contribution in [0.3, 0.4) is 0 Å². The smallest absolute Gasteiger partial charge is 0.211 e. The molecule has 1 rings (SSSR count). The Morgan fingerprint density at radius 1 is 1.47 bits per heavy atom. The van der Waals surface area contributed by atoms with Crippen LogP contribution in [0.4, 0.5) is 0 Å². The molecule has 17 heavy (non-hydrogen) atoms. The molecule has 7 nitrogen and oxygen atoms in total. The van der Waals surface area contributed by atoms with Gasteiger partial charge in [0.1, 0.15) is 0 Å². The van der Waals surface area contributed by atoms with E-state index in [1.54, 1.807) is 6.92 Å². The molecule has 8 heteroatoms. The van der Waals surface area contributed by atoms with Gasteiger partial charge in [-0.25, -0.2) is 4.99 Å². The maximum atomic E-state index is 9.66. The van der Waals surface area contributed by atoms with E-state index in [0.717, 1.165) is 0 Å². The lowest BCUT2D eigenvalue weighted by Crippen LogP contribution is -2.43. The molecule has 1 aliphatic heterocycles. The van der Waals surface area contributed by atoms with E-state index in [2.05, 4.69) is 11.6 Å². The molecule has 1 unspecified atom stereocenters. The van der Waals surface area contributed by atoms with Gasteiger partial charge in [0, 0.05) is 23.7 Å². The highest BCUT2D eigenvalue weighted by atomic mass is 32.3. The van der Waals surface area contributed by atoms with Crippen molar-refractivity contribution in [1.82, 2.24) is 0 Å². The largest absolute Gasteiger partial charge is 0.759 e. The number of hydrogen-bond acceptors (Lipinski definition) is 7. The van der Waals surface area contributed by atoms with E-state index in [1.165, 1.54) is 6.08 Å². The summed E-state index contributed by atoms with van der Waals surface area (Å²) in [4.78, 5) is 4.24. The van der Waals surface area contributed by atoms with E-state index in [4.69, 9.17) is 22.3 Å².